The Morgan fingerprint density at radius 3 is 2.07 bits per heavy atom. The first-order valence-corrected chi connectivity index (χ1v) is 5.27. The van der Waals surface area contributed by atoms with E-state index < -0.39 is 0 Å². The summed E-state index contributed by atoms with van der Waals surface area (Å²) in [5, 5.41) is 2.75. The molecule has 0 bridgehead atoms. The monoisotopic (exact) mass is 207 g/mol. The van der Waals surface area contributed by atoms with Gasteiger partial charge in [0.25, 0.3) is 0 Å². The smallest absolute Gasteiger partial charge is 0.139 e. The zero-order chi connectivity index (χ0) is 11.7. The molecule has 1 N–H and O–H groups in total. The van der Waals surface area contributed by atoms with Gasteiger partial charge in [-0.1, -0.05) is 44.2 Å². The Morgan fingerprint density at radius 1 is 1.20 bits per heavy atom. The third kappa shape index (κ3) is 6.86. The number of rotatable bonds is 3. The van der Waals surface area contributed by atoms with E-state index in [0.717, 1.165) is 5.56 Å². The van der Waals surface area contributed by atoms with Gasteiger partial charge >= 0.3 is 0 Å². The largest absolute Gasteiger partial charge is 0.323 e. The molecular formula is C13H21NO. The van der Waals surface area contributed by atoms with Crippen LogP contribution in [0.4, 0.5) is 0 Å². The third-order valence-corrected chi connectivity index (χ3v) is 1.87. The molecule has 0 aromatic heterocycles. The van der Waals surface area contributed by atoms with Crippen molar-refractivity contribution in [2.45, 2.75) is 20.3 Å². The van der Waals surface area contributed by atoms with E-state index in [-0.39, 0.29) is 5.92 Å². The van der Waals surface area contributed by atoms with Crippen molar-refractivity contribution < 1.29 is 4.79 Å². The van der Waals surface area contributed by atoms with Crippen LogP contribution in [0.15, 0.2) is 30.3 Å². The van der Waals surface area contributed by atoms with E-state index in [1.54, 1.807) is 0 Å². The van der Waals surface area contributed by atoms with Crippen LogP contribution in [0.1, 0.15) is 19.4 Å². The average Bonchev–Trinajstić information content (AvgIpc) is 2.20. The minimum atomic E-state index is 0.144. The summed E-state index contributed by atoms with van der Waals surface area (Å²) in [5.74, 6) is 0.450. The fourth-order valence-corrected chi connectivity index (χ4v) is 1.00. The second-order valence-electron chi connectivity index (χ2n) is 3.78. The van der Waals surface area contributed by atoms with Crippen LogP contribution >= 0.6 is 0 Å². The molecule has 1 rings (SSSR count). The molecule has 2 heteroatoms. The summed E-state index contributed by atoms with van der Waals surface area (Å²) in [6.07, 6.45) is 0.568. The van der Waals surface area contributed by atoms with Gasteiger partial charge in [-0.3, -0.25) is 4.79 Å². The Hall–Kier alpha value is -1.15. The summed E-state index contributed by atoms with van der Waals surface area (Å²) in [4.78, 5) is 11.3. The van der Waals surface area contributed by atoms with Crippen LogP contribution in [0.5, 0.6) is 0 Å². The molecular weight excluding hydrogens is 186 g/mol. The molecule has 0 atom stereocenters. The van der Waals surface area contributed by atoms with Crippen LogP contribution < -0.4 is 5.32 Å². The van der Waals surface area contributed by atoms with Gasteiger partial charge in [-0.2, -0.15) is 0 Å². The van der Waals surface area contributed by atoms with Gasteiger partial charge in [0.15, 0.2) is 0 Å². The van der Waals surface area contributed by atoms with Crippen molar-refractivity contribution in [3.63, 3.8) is 0 Å². The SMILES string of the molecule is CC(C)C(=O)Cc1ccccc1.CNC. The predicted molar refractivity (Wildman–Crippen MR) is 65.0 cm³/mol. The molecule has 0 unspecified atom stereocenters. The lowest BCUT2D eigenvalue weighted by molar-refractivity contribution is -0.121. The van der Waals surface area contributed by atoms with E-state index in [9.17, 15) is 4.79 Å². The Morgan fingerprint density at radius 2 is 1.67 bits per heavy atom. The van der Waals surface area contributed by atoms with E-state index in [1.807, 2.05) is 58.3 Å². The lowest BCUT2D eigenvalue weighted by Gasteiger charge is -2.02. The molecule has 0 spiro atoms. The van der Waals surface area contributed by atoms with E-state index in [2.05, 4.69) is 5.32 Å². The number of benzene rings is 1. The summed E-state index contributed by atoms with van der Waals surface area (Å²) in [7, 11) is 3.75. The molecule has 15 heavy (non-hydrogen) atoms. The van der Waals surface area contributed by atoms with Crippen molar-refractivity contribution in [3.05, 3.63) is 35.9 Å². The summed E-state index contributed by atoms with van der Waals surface area (Å²) in [6.45, 7) is 3.87. The maximum atomic E-state index is 11.3. The van der Waals surface area contributed by atoms with Gasteiger partial charge in [0, 0.05) is 12.3 Å². The van der Waals surface area contributed by atoms with Crippen LogP contribution in [0.25, 0.3) is 0 Å². The average molecular weight is 207 g/mol. The van der Waals surface area contributed by atoms with E-state index in [0.29, 0.717) is 12.2 Å². The van der Waals surface area contributed by atoms with Gasteiger partial charge in [-0.25, -0.2) is 0 Å². The molecule has 0 saturated heterocycles. The first-order chi connectivity index (χ1) is 7.11. The van der Waals surface area contributed by atoms with Crippen LogP contribution in [-0.2, 0) is 11.2 Å². The number of Topliss-reactive ketones (excluding diaryl/α,β-unsaturated/α-hetero) is 1. The lowest BCUT2D eigenvalue weighted by atomic mass is 10.0. The quantitative estimate of drug-likeness (QED) is 0.824. The highest BCUT2D eigenvalue weighted by molar-refractivity contribution is 5.82. The van der Waals surface area contributed by atoms with Crippen LogP contribution in [0.2, 0.25) is 0 Å². The van der Waals surface area contributed by atoms with Gasteiger partial charge in [-0.05, 0) is 19.7 Å². The minimum absolute atomic E-state index is 0.144. The minimum Gasteiger partial charge on any atom is -0.323 e. The molecule has 0 aliphatic carbocycles. The van der Waals surface area contributed by atoms with Crippen molar-refractivity contribution in [1.29, 1.82) is 0 Å². The van der Waals surface area contributed by atoms with Crippen molar-refractivity contribution in [2.24, 2.45) is 5.92 Å². The van der Waals surface area contributed by atoms with Crippen molar-refractivity contribution in [2.75, 3.05) is 14.1 Å². The van der Waals surface area contributed by atoms with Crippen molar-refractivity contribution in [3.8, 4) is 0 Å². The molecule has 0 aliphatic heterocycles. The standard InChI is InChI=1S/C11H14O.C2H7N/c1-9(2)11(12)8-10-6-4-3-5-7-10;1-3-2/h3-7,9H,8H2,1-2H3;3H,1-2H3. The second-order valence-corrected chi connectivity index (χ2v) is 3.78. The van der Waals surface area contributed by atoms with Crippen LogP contribution in [-0.4, -0.2) is 19.9 Å². The summed E-state index contributed by atoms with van der Waals surface area (Å²) in [6, 6.07) is 9.86. The molecule has 0 saturated carbocycles. The molecule has 0 aliphatic rings. The Labute approximate surface area is 92.7 Å². The highest BCUT2D eigenvalue weighted by Crippen LogP contribution is 2.04. The number of hydrogen-bond acceptors (Lipinski definition) is 2. The number of carbonyl (C=O) groups excluding carboxylic acids is 1. The normalized spacial score (nSPS) is 9.40. The van der Waals surface area contributed by atoms with Gasteiger partial charge < -0.3 is 5.32 Å². The van der Waals surface area contributed by atoms with Crippen LogP contribution in [0, 0.1) is 5.92 Å². The zero-order valence-electron chi connectivity index (χ0n) is 10.1. The number of hydrogen-bond donors (Lipinski definition) is 1. The van der Waals surface area contributed by atoms with Gasteiger partial charge in [0.05, 0.1) is 0 Å². The Bertz CT molecular complexity index is 267. The number of ketones is 1. The Balaban J connectivity index is 0.000000583. The maximum absolute atomic E-state index is 11.3. The number of nitrogens with one attached hydrogen (secondary N) is 1. The van der Waals surface area contributed by atoms with Crippen LogP contribution in [0.3, 0.4) is 0 Å². The highest BCUT2D eigenvalue weighted by Gasteiger charge is 2.06. The fraction of sp³-hybridized carbons (Fsp3) is 0.462. The lowest BCUT2D eigenvalue weighted by Crippen LogP contribution is -2.09. The van der Waals surface area contributed by atoms with Gasteiger partial charge in [0.2, 0.25) is 0 Å². The summed E-state index contributed by atoms with van der Waals surface area (Å²) < 4.78 is 0. The molecule has 1 aromatic rings. The molecule has 0 fully saturated rings. The third-order valence-electron chi connectivity index (χ3n) is 1.87. The molecule has 0 radical (unpaired) electrons. The fourth-order valence-electron chi connectivity index (χ4n) is 1.00. The molecule has 2 nitrogen and oxygen atoms in total. The first kappa shape index (κ1) is 13.8. The topological polar surface area (TPSA) is 29.1 Å². The van der Waals surface area contributed by atoms with Crippen molar-refractivity contribution >= 4 is 5.78 Å². The molecule has 84 valence electrons. The second kappa shape index (κ2) is 8.18. The molecule has 1 aromatic carbocycles. The van der Waals surface area contributed by atoms with Gasteiger partial charge in [-0.15, -0.1) is 0 Å². The summed E-state index contributed by atoms with van der Waals surface area (Å²) >= 11 is 0. The van der Waals surface area contributed by atoms with E-state index >= 15 is 0 Å². The molecule has 0 amide bonds. The molecule has 0 heterocycles. The summed E-state index contributed by atoms with van der Waals surface area (Å²) in [5.41, 5.74) is 1.11. The highest BCUT2D eigenvalue weighted by atomic mass is 16.1. The Kier molecular flexibility index (Phi) is 7.56. The number of carbonyl (C=O) groups is 1. The van der Waals surface area contributed by atoms with E-state index in [4.69, 9.17) is 0 Å². The van der Waals surface area contributed by atoms with E-state index in [1.165, 1.54) is 0 Å². The zero-order valence-corrected chi connectivity index (χ0v) is 10.1. The van der Waals surface area contributed by atoms with Gasteiger partial charge in [0.1, 0.15) is 5.78 Å². The predicted octanol–water partition coefficient (Wildman–Crippen LogP) is 2.29. The van der Waals surface area contributed by atoms with Crippen molar-refractivity contribution in [1.82, 2.24) is 5.32 Å². The maximum Gasteiger partial charge on any atom is 0.139 e. The first-order valence-electron chi connectivity index (χ1n) is 5.27.